The normalized spacial score (nSPS) is 18.3. The Kier molecular flexibility index (Phi) is 2.00. The maximum atomic E-state index is 9.91. The second-order valence-corrected chi connectivity index (χ2v) is 4.18. The standard InChI is InChI=1S/C9H12N6O/c16-9(4-1-5-9)6-10-7-2-3-8-11-13-14-15(8)12-7/h2-3,16H,1,4-6H2,(H,10,12). The number of rotatable bonds is 3. The molecule has 3 rings (SSSR count). The van der Waals surface area contributed by atoms with Crippen LogP contribution in [0.25, 0.3) is 5.65 Å². The maximum Gasteiger partial charge on any atom is 0.200 e. The van der Waals surface area contributed by atoms with Crippen LogP contribution in [0.4, 0.5) is 5.82 Å². The molecule has 1 aliphatic carbocycles. The third kappa shape index (κ3) is 1.58. The van der Waals surface area contributed by atoms with Crippen molar-refractivity contribution in [2.24, 2.45) is 0 Å². The summed E-state index contributed by atoms with van der Waals surface area (Å²) < 4.78 is 1.35. The van der Waals surface area contributed by atoms with Gasteiger partial charge in [-0.25, -0.2) is 0 Å². The maximum absolute atomic E-state index is 9.91. The van der Waals surface area contributed by atoms with Gasteiger partial charge in [0.25, 0.3) is 0 Å². The number of hydrogen-bond acceptors (Lipinski definition) is 6. The molecule has 0 amide bonds. The van der Waals surface area contributed by atoms with Crippen LogP contribution < -0.4 is 5.32 Å². The first kappa shape index (κ1) is 9.46. The van der Waals surface area contributed by atoms with E-state index in [2.05, 4.69) is 25.9 Å². The Bertz CT molecular complexity index is 505. The highest BCUT2D eigenvalue weighted by molar-refractivity contribution is 5.42. The number of aromatic nitrogens is 5. The molecule has 1 fully saturated rings. The van der Waals surface area contributed by atoms with Gasteiger partial charge in [-0.05, 0) is 41.8 Å². The average Bonchev–Trinajstić information content (AvgIpc) is 2.70. The van der Waals surface area contributed by atoms with Crippen LogP contribution in [-0.2, 0) is 0 Å². The van der Waals surface area contributed by atoms with Crippen molar-refractivity contribution in [1.82, 2.24) is 25.3 Å². The van der Waals surface area contributed by atoms with E-state index in [0.29, 0.717) is 18.0 Å². The molecule has 16 heavy (non-hydrogen) atoms. The predicted molar refractivity (Wildman–Crippen MR) is 55.9 cm³/mol. The molecule has 2 N–H and O–H groups in total. The Balaban J connectivity index is 1.73. The number of aliphatic hydroxyl groups is 1. The molecule has 0 saturated heterocycles. The van der Waals surface area contributed by atoms with Crippen LogP contribution in [0.3, 0.4) is 0 Å². The summed E-state index contributed by atoms with van der Waals surface area (Å²) in [4.78, 5) is 0. The van der Waals surface area contributed by atoms with Crippen molar-refractivity contribution in [3.05, 3.63) is 12.1 Å². The predicted octanol–water partition coefficient (Wildman–Crippen LogP) is -0.154. The van der Waals surface area contributed by atoms with E-state index in [1.165, 1.54) is 4.63 Å². The van der Waals surface area contributed by atoms with Crippen LogP contribution in [0.5, 0.6) is 0 Å². The van der Waals surface area contributed by atoms with Gasteiger partial charge in [0.05, 0.1) is 5.60 Å². The van der Waals surface area contributed by atoms with Gasteiger partial charge in [-0.3, -0.25) is 0 Å². The zero-order chi connectivity index (χ0) is 11.0. The third-order valence-corrected chi connectivity index (χ3v) is 2.95. The molecule has 1 saturated carbocycles. The van der Waals surface area contributed by atoms with Gasteiger partial charge in [-0.15, -0.1) is 14.8 Å². The van der Waals surface area contributed by atoms with E-state index >= 15 is 0 Å². The summed E-state index contributed by atoms with van der Waals surface area (Å²) in [5.41, 5.74) is 0.0463. The summed E-state index contributed by atoms with van der Waals surface area (Å²) in [6.07, 6.45) is 2.80. The Labute approximate surface area is 91.5 Å². The smallest absolute Gasteiger partial charge is 0.200 e. The molecule has 7 nitrogen and oxygen atoms in total. The molecule has 1 aliphatic rings. The number of nitrogens with zero attached hydrogens (tertiary/aromatic N) is 5. The molecule has 0 spiro atoms. The van der Waals surface area contributed by atoms with Crippen molar-refractivity contribution in [2.45, 2.75) is 24.9 Å². The lowest BCUT2D eigenvalue weighted by Gasteiger charge is -2.36. The first-order chi connectivity index (χ1) is 7.75. The number of nitrogens with one attached hydrogen (secondary N) is 1. The Morgan fingerprint density at radius 2 is 2.31 bits per heavy atom. The van der Waals surface area contributed by atoms with Gasteiger partial charge in [0, 0.05) is 6.54 Å². The highest BCUT2D eigenvalue weighted by atomic mass is 16.3. The van der Waals surface area contributed by atoms with Crippen LogP contribution in [-0.4, -0.2) is 42.5 Å². The van der Waals surface area contributed by atoms with Gasteiger partial charge in [0.1, 0.15) is 5.82 Å². The molecular formula is C9H12N6O. The van der Waals surface area contributed by atoms with Gasteiger partial charge in [-0.1, -0.05) is 0 Å². The highest BCUT2D eigenvalue weighted by Crippen LogP contribution is 2.31. The molecule has 2 aromatic heterocycles. The molecule has 0 unspecified atom stereocenters. The lowest BCUT2D eigenvalue weighted by atomic mass is 9.80. The van der Waals surface area contributed by atoms with Crippen LogP contribution in [0.15, 0.2) is 12.1 Å². The van der Waals surface area contributed by atoms with Crippen molar-refractivity contribution < 1.29 is 5.11 Å². The van der Waals surface area contributed by atoms with E-state index in [1.54, 1.807) is 12.1 Å². The molecule has 7 heteroatoms. The highest BCUT2D eigenvalue weighted by Gasteiger charge is 2.34. The first-order valence-electron chi connectivity index (χ1n) is 5.27. The largest absolute Gasteiger partial charge is 0.388 e. The van der Waals surface area contributed by atoms with E-state index in [1.807, 2.05) is 0 Å². The van der Waals surface area contributed by atoms with Crippen molar-refractivity contribution in [3.63, 3.8) is 0 Å². The van der Waals surface area contributed by atoms with E-state index in [9.17, 15) is 5.11 Å². The first-order valence-corrected chi connectivity index (χ1v) is 5.27. The van der Waals surface area contributed by atoms with Crippen LogP contribution in [0.1, 0.15) is 19.3 Å². The second-order valence-electron chi connectivity index (χ2n) is 4.18. The van der Waals surface area contributed by atoms with Crippen molar-refractivity contribution in [2.75, 3.05) is 11.9 Å². The summed E-state index contributed by atoms with van der Waals surface area (Å²) in [5.74, 6) is 0.667. The summed E-state index contributed by atoms with van der Waals surface area (Å²) in [7, 11) is 0. The quantitative estimate of drug-likeness (QED) is 0.747. The van der Waals surface area contributed by atoms with Crippen LogP contribution in [0, 0.1) is 0 Å². The molecule has 84 valence electrons. The minimum atomic E-state index is -0.558. The topological polar surface area (TPSA) is 88.2 Å². The van der Waals surface area contributed by atoms with Gasteiger partial charge in [-0.2, -0.15) is 0 Å². The number of anilines is 1. The molecule has 0 aliphatic heterocycles. The molecule has 2 heterocycles. The summed E-state index contributed by atoms with van der Waals surface area (Å²) in [6, 6.07) is 3.58. The van der Waals surface area contributed by atoms with E-state index in [-0.39, 0.29) is 0 Å². The van der Waals surface area contributed by atoms with Crippen LogP contribution >= 0.6 is 0 Å². The third-order valence-electron chi connectivity index (χ3n) is 2.95. The number of tetrazole rings is 1. The van der Waals surface area contributed by atoms with Gasteiger partial charge >= 0.3 is 0 Å². The molecular weight excluding hydrogens is 208 g/mol. The number of hydrogen-bond donors (Lipinski definition) is 2. The Morgan fingerprint density at radius 1 is 1.44 bits per heavy atom. The summed E-state index contributed by atoms with van der Waals surface area (Å²) >= 11 is 0. The summed E-state index contributed by atoms with van der Waals surface area (Å²) in [5, 5.41) is 28.1. The fourth-order valence-electron chi connectivity index (χ4n) is 1.76. The molecule has 0 atom stereocenters. The van der Waals surface area contributed by atoms with Gasteiger partial charge in [0.15, 0.2) is 5.65 Å². The zero-order valence-corrected chi connectivity index (χ0v) is 8.67. The lowest BCUT2D eigenvalue weighted by Crippen LogP contribution is -2.43. The molecule has 0 aromatic carbocycles. The molecule has 0 radical (unpaired) electrons. The SMILES string of the molecule is OC1(CNc2ccc3nnnn3n2)CCC1. The van der Waals surface area contributed by atoms with Gasteiger partial charge in [0.2, 0.25) is 0 Å². The Hall–Kier alpha value is -1.76. The monoisotopic (exact) mass is 220 g/mol. The summed E-state index contributed by atoms with van der Waals surface area (Å²) in [6.45, 7) is 0.521. The fourth-order valence-corrected chi connectivity index (χ4v) is 1.76. The van der Waals surface area contributed by atoms with Crippen molar-refractivity contribution in [3.8, 4) is 0 Å². The average molecular weight is 220 g/mol. The number of fused-ring (bicyclic) bond motifs is 1. The van der Waals surface area contributed by atoms with Crippen molar-refractivity contribution >= 4 is 11.5 Å². The Morgan fingerprint density at radius 3 is 3.06 bits per heavy atom. The van der Waals surface area contributed by atoms with E-state index in [0.717, 1.165) is 19.3 Å². The molecule has 0 bridgehead atoms. The second kappa shape index (κ2) is 3.38. The van der Waals surface area contributed by atoms with Gasteiger partial charge < -0.3 is 10.4 Å². The van der Waals surface area contributed by atoms with Crippen LogP contribution in [0.2, 0.25) is 0 Å². The zero-order valence-electron chi connectivity index (χ0n) is 8.67. The fraction of sp³-hybridized carbons (Fsp3) is 0.556. The lowest BCUT2D eigenvalue weighted by molar-refractivity contribution is -0.0202. The molecule has 2 aromatic rings. The minimum absolute atomic E-state index is 0.521. The minimum Gasteiger partial charge on any atom is -0.388 e. The van der Waals surface area contributed by atoms with E-state index < -0.39 is 5.60 Å². The van der Waals surface area contributed by atoms with Crippen molar-refractivity contribution in [1.29, 1.82) is 0 Å². The van der Waals surface area contributed by atoms with E-state index in [4.69, 9.17) is 0 Å².